The Morgan fingerprint density at radius 2 is 1.70 bits per heavy atom. The van der Waals surface area contributed by atoms with E-state index in [-0.39, 0.29) is 10.9 Å². The summed E-state index contributed by atoms with van der Waals surface area (Å²) in [6.07, 6.45) is 0. The normalized spacial score (nSPS) is 9.90. The summed E-state index contributed by atoms with van der Waals surface area (Å²) in [5, 5.41) is 12.5. The van der Waals surface area contributed by atoms with E-state index in [2.05, 4.69) is 5.32 Å². The summed E-state index contributed by atoms with van der Waals surface area (Å²) in [5.41, 5.74) is 1.16. The van der Waals surface area contributed by atoms with Gasteiger partial charge in [0.1, 0.15) is 6.07 Å². The number of halogens is 3. The quantitative estimate of drug-likeness (QED) is 0.864. The smallest absolute Gasteiger partial charge is 0.255 e. The summed E-state index contributed by atoms with van der Waals surface area (Å²) in [4.78, 5) is 12.0. The SMILES string of the molecule is N#Cc1ccc(NC(=O)c2cc(Cl)cc(Cl)c2)cc1Cl. The van der Waals surface area contributed by atoms with Gasteiger partial charge in [-0.05, 0) is 36.4 Å². The summed E-state index contributed by atoms with van der Waals surface area (Å²) in [6, 6.07) is 11.1. The molecule has 0 aliphatic heterocycles. The van der Waals surface area contributed by atoms with Crippen LogP contribution in [0.25, 0.3) is 0 Å². The van der Waals surface area contributed by atoms with Crippen molar-refractivity contribution in [3.05, 3.63) is 62.6 Å². The molecule has 100 valence electrons. The highest BCUT2D eigenvalue weighted by Gasteiger charge is 2.09. The Morgan fingerprint density at radius 1 is 1.05 bits per heavy atom. The number of benzene rings is 2. The van der Waals surface area contributed by atoms with Gasteiger partial charge >= 0.3 is 0 Å². The van der Waals surface area contributed by atoms with E-state index in [4.69, 9.17) is 40.1 Å². The zero-order valence-electron chi connectivity index (χ0n) is 9.95. The molecule has 0 unspecified atom stereocenters. The first-order chi connectivity index (χ1) is 9.49. The van der Waals surface area contributed by atoms with Crippen LogP contribution in [0.3, 0.4) is 0 Å². The van der Waals surface area contributed by atoms with E-state index in [1.165, 1.54) is 24.3 Å². The molecule has 1 amide bonds. The molecule has 0 atom stereocenters. The van der Waals surface area contributed by atoms with Crippen LogP contribution in [-0.2, 0) is 0 Å². The van der Waals surface area contributed by atoms with Crippen molar-refractivity contribution in [3.8, 4) is 6.07 Å². The maximum atomic E-state index is 12.0. The molecule has 1 N–H and O–H groups in total. The monoisotopic (exact) mass is 324 g/mol. The van der Waals surface area contributed by atoms with Crippen molar-refractivity contribution in [1.29, 1.82) is 5.26 Å². The lowest BCUT2D eigenvalue weighted by Crippen LogP contribution is -2.11. The third kappa shape index (κ3) is 3.43. The van der Waals surface area contributed by atoms with E-state index in [1.54, 1.807) is 12.1 Å². The largest absolute Gasteiger partial charge is 0.322 e. The maximum absolute atomic E-state index is 12.0. The second-order valence-electron chi connectivity index (χ2n) is 3.92. The van der Waals surface area contributed by atoms with Crippen LogP contribution in [0.5, 0.6) is 0 Å². The van der Waals surface area contributed by atoms with Gasteiger partial charge in [-0.15, -0.1) is 0 Å². The fourth-order valence-corrected chi connectivity index (χ4v) is 2.32. The molecule has 0 spiro atoms. The number of carbonyl (C=O) groups excluding carboxylic acids is 1. The van der Waals surface area contributed by atoms with Gasteiger partial charge in [-0.2, -0.15) is 5.26 Å². The Labute approximate surface area is 130 Å². The molecule has 2 aromatic carbocycles. The number of carbonyl (C=O) groups is 1. The highest BCUT2D eigenvalue weighted by Crippen LogP contribution is 2.22. The Kier molecular flexibility index (Phi) is 4.51. The number of nitriles is 1. The Morgan fingerprint density at radius 3 is 2.25 bits per heavy atom. The van der Waals surface area contributed by atoms with E-state index in [0.717, 1.165) is 0 Å². The van der Waals surface area contributed by atoms with E-state index in [0.29, 0.717) is 26.9 Å². The van der Waals surface area contributed by atoms with Crippen LogP contribution < -0.4 is 5.32 Å². The van der Waals surface area contributed by atoms with Crippen LogP contribution in [0, 0.1) is 11.3 Å². The first-order valence-corrected chi connectivity index (χ1v) is 6.60. The predicted molar refractivity (Wildman–Crippen MR) is 80.6 cm³/mol. The lowest BCUT2D eigenvalue weighted by Gasteiger charge is -2.07. The molecule has 2 aromatic rings. The van der Waals surface area contributed by atoms with Crippen LogP contribution >= 0.6 is 34.8 Å². The van der Waals surface area contributed by atoms with Gasteiger partial charge in [0.05, 0.1) is 10.6 Å². The maximum Gasteiger partial charge on any atom is 0.255 e. The van der Waals surface area contributed by atoms with Gasteiger partial charge in [0, 0.05) is 21.3 Å². The minimum atomic E-state index is -0.366. The summed E-state index contributed by atoms with van der Waals surface area (Å²) in [6.45, 7) is 0. The molecule has 3 nitrogen and oxygen atoms in total. The van der Waals surface area contributed by atoms with Gasteiger partial charge in [0.2, 0.25) is 0 Å². The van der Waals surface area contributed by atoms with E-state index >= 15 is 0 Å². The number of amides is 1. The molecular weight excluding hydrogens is 319 g/mol. The molecule has 2 rings (SSSR count). The number of hydrogen-bond acceptors (Lipinski definition) is 2. The Bertz CT molecular complexity index is 703. The second kappa shape index (κ2) is 6.15. The fraction of sp³-hybridized carbons (Fsp3) is 0. The van der Waals surface area contributed by atoms with Crippen molar-refractivity contribution in [2.75, 3.05) is 5.32 Å². The first-order valence-electron chi connectivity index (χ1n) is 5.46. The number of anilines is 1. The molecular formula is C14H7Cl3N2O. The van der Waals surface area contributed by atoms with Gasteiger partial charge in [0.15, 0.2) is 0 Å². The molecule has 0 fully saturated rings. The van der Waals surface area contributed by atoms with Gasteiger partial charge in [0.25, 0.3) is 5.91 Å². The van der Waals surface area contributed by atoms with Crippen molar-refractivity contribution >= 4 is 46.4 Å². The highest BCUT2D eigenvalue weighted by atomic mass is 35.5. The van der Waals surface area contributed by atoms with Crippen molar-refractivity contribution < 1.29 is 4.79 Å². The molecule has 0 aromatic heterocycles. The lowest BCUT2D eigenvalue weighted by molar-refractivity contribution is 0.102. The number of hydrogen-bond donors (Lipinski definition) is 1. The number of nitrogens with zero attached hydrogens (tertiary/aromatic N) is 1. The minimum absolute atomic E-state index is 0.273. The molecule has 0 saturated heterocycles. The summed E-state index contributed by atoms with van der Waals surface area (Å²) in [7, 11) is 0. The van der Waals surface area contributed by atoms with Crippen molar-refractivity contribution in [3.63, 3.8) is 0 Å². The molecule has 6 heteroatoms. The van der Waals surface area contributed by atoms with Crippen molar-refractivity contribution in [2.45, 2.75) is 0 Å². The summed E-state index contributed by atoms with van der Waals surface area (Å²) < 4.78 is 0. The van der Waals surface area contributed by atoms with Gasteiger partial charge < -0.3 is 5.32 Å². The van der Waals surface area contributed by atoms with Gasteiger partial charge in [-0.25, -0.2) is 0 Å². The van der Waals surface area contributed by atoms with E-state index in [1.807, 2.05) is 6.07 Å². The Balaban J connectivity index is 2.23. The Hall–Kier alpha value is -1.73. The zero-order chi connectivity index (χ0) is 14.7. The molecule has 0 bridgehead atoms. The third-order valence-corrected chi connectivity index (χ3v) is 3.22. The third-order valence-electron chi connectivity index (χ3n) is 2.47. The first kappa shape index (κ1) is 14.7. The highest BCUT2D eigenvalue weighted by molar-refractivity contribution is 6.35. The van der Waals surface area contributed by atoms with Crippen LogP contribution in [0.1, 0.15) is 15.9 Å². The van der Waals surface area contributed by atoms with Crippen LogP contribution in [0.15, 0.2) is 36.4 Å². The lowest BCUT2D eigenvalue weighted by atomic mass is 10.2. The molecule has 0 heterocycles. The average molecular weight is 326 g/mol. The summed E-state index contributed by atoms with van der Waals surface area (Å²) in [5.74, 6) is -0.366. The topological polar surface area (TPSA) is 52.9 Å². The van der Waals surface area contributed by atoms with Crippen molar-refractivity contribution in [2.24, 2.45) is 0 Å². The van der Waals surface area contributed by atoms with Crippen LogP contribution in [0.2, 0.25) is 15.1 Å². The number of nitrogens with one attached hydrogen (secondary N) is 1. The van der Waals surface area contributed by atoms with Crippen LogP contribution in [0.4, 0.5) is 5.69 Å². The minimum Gasteiger partial charge on any atom is -0.322 e. The predicted octanol–water partition coefficient (Wildman–Crippen LogP) is 4.77. The van der Waals surface area contributed by atoms with Gasteiger partial charge in [-0.1, -0.05) is 34.8 Å². The molecule has 0 aliphatic carbocycles. The second-order valence-corrected chi connectivity index (χ2v) is 5.20. The molecule has 0 saturated carbocycles. The van der Waals surface area contributed by atoms with E-state index < -0.39 is 0 Å². The average Bonchev–Trinajstić information content (AvgIpc) is 2.37. The fourth-order valence-electron chi connectivity index (χ4n) is 1.57. The van der Waals surface area contributed by atoms with Crippen molar-refractivity contribution in [1.82, 2.24) is 0 Å². The zero-order valence-corrected chi connectivity index (χ0v) is 12.2. The molecule has 20 heavy (non-hydrogen) atoms. The van der Waals surface area contributed by atoms with Crippen LogP contribution in [-0.4, -0.2) is 5.91 Å². The summed E-state index contributed by atoms with van der Waals surface area (Å²) >= 11 is 17.6. The van der Waals surface area contributed by atoms with Gasteiger partial charge in [-0.3, -0.25) is 4.79 Å². The number of rotatable bonds is 2. The molecule has 0 aliphatic rings. The standard InChI is InChI=1S/C14H7Cl3N2O/c15-10-3-9(4-11(16)5-10)14(20)19-12-2-1-8(7-18)13(17)6-12/h1-6H,(H,19,20). The molecule has 0 radical (unpaired) electrons. The van der Waals surface area contributed by atoms with E-state index in [9.17, 15) is 4.79 Å².